The van der Waals surface area contributed by atoms with Crippen molar-refractivity contribution in [2.24, 2.45) is 13.0 Å². The molecule has 0 bridgehead atoms. The third kappa shape index (κ3) is 7.93. The molecular weight excluding hydrogens is 810 g/mol. The van der Waals surface area contributed by atoms with Crippen molar-refractivity contribution in [3.05, 3.63) is 92.7 Å². The smallest absolute Gasteiger partial charge is 0.293 e. The van der Waals surface area contributed by atoms with Gasteiger partial charge in [-0.2, -0.15) is 19.0 Å². The minimum Gasteiger partial charge on any atom is -0.386 e. The molecule has 18 heteroatoms. The molecule has 5 aromatic rings. The van der Waals surface area contributed by atoms with E-state index in [1.165, 1.54) is 24.6 Å². The Hall–Kier alpha value is -4.92. The molecule has 3 heterocycles. The number of rotatable bonds is 12. The Kier molecular flexibility index (Phi) is 10.5. The Morgan fingerprint density at radius 3 is 2.41 bits per heavy atom. The molecule has 3 atom stereocenters. The van der Waals surface area contributed by atoms with E-state index in [0.717, 1.165) is 18.4 Å². The van der Waals surface area contributed by atoms with Crippen molar-refractivity contribution in [3.63, 3.8) is 0 Å². The summed E-state index contributed by atoms with van der Waals surface area (Å²) >= 11 is 6.67. The number of benzene rings is 2. The SMILES string of the molecule is CNc1cc(-c2ccc(Cl)c3c(CS(C)(=O)=O)nn(C)c23)c(C(CC(=O)Cn2nc(C(F)F)c3c2C(F)(F)[C@@H]2C[C@H]32)Cc2cc(F)cc(F)c2)nc1C#CC(C)(C)O. The molecule has 2 aliphatic carbocycles. The molecule has 58 heavy (non-hydrogen) atoms. The van der Waals surface area contributed by atoms with Gasteiger partial charge in [-0.15, -0.1) is 0 Å². The van der Waals surface area contributed by atoms with E-state index < -0.39 is 93.1 Å². The van der Waals surface area contributed by atoms with Gasteiger partial charge >= 0.3 is 0 Å². The number of alkyl halides is 4. The lowest BCUT2D eigenvalue weighted by Gasteiger charge is -2.23. The molecule has 1 unspecified atom stereocenters. The van der Waals surface area contributed by atoms with E-state index in [1.807, 2.05) is 0 Å². The highest BCUT2D eigenvalue weighted by Gasteiger charge is 2.67. The van der Waals surface area contributed by atoms with Crippen molar-refractivity contribution in [1.82, 2.24) is 24.5 Å². The normalized spacial score (nSPS) is 17.6. The molecule has 1 fully saturated rings. The fourth-order valence-corrected chi connectivity index (χ4v) is 8.90. The average molecular weight is 847 g/mol. The van der Waals surface area contributed by atoms with Gasteiger partial charge < -0.3 is 10.4 Å². The van der Waals surface area contributed by atoms with E-state index in [9.17, 15) is 35.9 Å². The van der Waals surface area contributed by atoms with Crippen LogP contribution < -0.4 is 5.32 Å². The van der Waals surface area contributed by atoms with Gasteiger partial charge in [-0.05, 0) is 68.4 Å². The molecule has 2 aromatic carbocycles. The summed E-state index contributed by atoms with van der Waals surface area (Å²) < 4.78 is 115. The van der Waals surface area contributed by atoms with Gasteiger partial charge in [-0.1, -0.05) is 23.6 Å². The lowest BCUT2D eigenvalue weighted by atomic mass is 9.85. The van der Waals surface area contributed by atoms with Crippen molar-refractivity contribution in [3.8, 4) is 23.0 Å². The fourth-order valence-electron chi connectivity index (χ4n) is 7.94. The predicted octanol–water partition coefficient (Wildman–Crippen LogP) is 7.60. The number of carbonyl (C=O) groups is 1. The zero-order valence-electron chi connectivity index (χ0n) is 31.8. The molecule has 2 aliphatic rings. The first-order chi connectivity index (χ1) is 27.1. The number of fused-ring (bicyclic) bond motifs is 4. The van der Waals surface area contributed by atoms with E-state index in [0.29, 0.717) is 38.5 Å². The number of sulfone groups is 1. The fraction of sp³-hybridized carbons (Fsp3) is 0.400. The van der Waals surface area contributed by atoms with Crippen LogP contribution in [-0.4, -0.2) is 62.8 Å². The molecule has 7 rings (SSSR count). The largest absolute Gasteiger partial charge is 0.386 e. The molecule has 0 aliphatic heterocycles. The number of hydrogen-bond acceptors (Lipinski definition) is 8. The Labute approximate surface area is 334 Å². The van der Waals surface area contributed by atoms with Crippen LogP contribution >= 0.6 is 11.6 Å². The van der Waals surface area contributed by atoms with Crippen LogP contribution in [0.25, 0.3) is 22.0 Å². The van der Waals surface area contributed by atoms with E-state index in [-0.39, 0.29) is 46.1 Å². The predicted molar refractivity (Wildman–Crippen MR) is 205 cm³/mol. The highest BCUT2D eigenvalue weighted by Crippen LogP contribution is 2.68. The number of aliphatic hydroxyl groups is 1. The Morgan fingerprint density at radius 1 is 1.10 bits per heavy atom. The van der Waals surface area contributed by atoms with Gasteiger partial charge in [-0.3, -0.25) is 14.2 Å². The van der Waals surface area contributed by atoms with Gasteiger partial charge in [0.25, 0.3) is 12.3 Å². The number of Topliss-reactive ketones (excluding diaryl/α,β-unsaturated/α-hetero) is 1. The van der Waals surface area contributed by atoms with Crippen LogP contribution in [-0.2, 0) is 46.3 Å². The van der Waals surface area contributed by atoms with Gasteiger partial charge in [-0.25, -0.2) is 31.0 Å². The summed E-state index contributed by atoms with van der Waals surface area (Å²) in [6, 6.07) is 7.62. The standard InChI is InChI=1S/C40H37ClF6N6O4S/c1-39(2,55)9-8-29-30(48-3)16-25(24-6-7-28(41)33-31(18-58(5,56)57)50-52(4)36(24)33)34(49-29)20(10-19-11-21(42)14-22(43)12-19)13-23(54)17-53-37-32(35(51-53)38(44)45)26-15-27(26)40(37,46)47/h6-7,11-12,14,16,20,26-27,38,48,55H,10,13,15,17-18H2,1-5H3/t20?,26-,27+/m0/s1. The zero-order valence-corrected chi connectivity index (χ0v) is 33.3. The van der Waals surface area contributed by atoms with Gasteiger partial charge in [0.1, 0.15) is 40.9 Å². The average Bonchev–Trinajstić information content (AvgIpc) is 3.65. The highest BCUT2D eigenvalue weighted by molar-refractivity contribution is 7.89. The third-order valence-electron chi connectivity index (χ3n) is 10.3. The van der Waals surface area contributed by atoms with Crippen LogP contribution in [0.4, 0.5) is 32.0 Å². The topological polar surface area (TPSA) is 132 Å². The first kappa shape index (κ1) is 41.2. The van der Waals surface area contributed by atoms with Crippen LogP contribution in [0.1, 0.15) is 84.5 Å². The van der Waals surface area contributed by atoms with Crippen molar-refractivity contribution >= 4 is 43.8 Å². The number of pyridine rings is 1. The maximum atomic E-state index is 15.5. The van der Waals surface area contributed by atoms with Crippen LogP contribution in [0.15, 0.2) is 36.4 Å². The van der Waals surface area contributed by atoms with Crippen molar-refractivity contribution < 1.29 is 44.7 Å². The van der Waals surface area contributed by atoms with Gasteiger partial charge in [0.15, 0.2) is 15.6 Å². The van der Waals surface area contributed by atoms with Crippen LogP contribution in [0.3, 0.4) is 0 Å². The summed E-state index contributed by atoms with van der Waals surface area (Å²) in [6.45, 7) is 2.09. The van der Waals surface area contributed by atoms with Crippen LogP contribution in [0, 0.1) is 29.4 Å². The van der Waals surface area contributed by atoms with Gasteiger partial charge in [0.05, 0.1) is 33.4 Å². The maximum Gasteiger partial charge on any atom is 0.293 e. The van der Waals surface area contributed by atoms with Crippen molar-refractivity contribution in [1.29, 1.82) is 0 Å². The second kappa shape index (κ2) is 14.7. The minimum atomic E-state index is -3.59. The molecule has 0 amide bonds. The van der Waals surface area contributed by atoms with Crippen molar-refractivity contribution in [2.75, 3.05) is 18.6 Å². The number of nitrogens with one attached hydrogen (secondary N) is 1. The molecule has 10 nitrogen and oxygen atoms in total. The number of hydrogen-bond donors (Lipinski definition) is 2. The lowest BCUT2D eigenvalue weighted by Crippen LogP contribution is -2.24. The monoisotopic (exact) mass is 846 g/mol. The third-order valence-corrected chi connectivity index (χ3v) is 11.4. The second-order valence-electron chi connectivity index (χ2n) is 15.4. The number of halogens is 7. The molecule has 2 N–H and O–H groups in total. The maximum absolute atomic E-state index is 15.5. The Morgan fingerprint density at radius 2 is 1.79 bits per heavy atom. The number of aryl methyl sites for hydroxylation is 1. The minimum absolute atomic E-state index is 0.0335. The highest BCUT2D eigenvalue weighted by atomic mass is 35.5. The molecule has 3 aromatic heterocycles. The summed E-state index contributed by atoms with van der Waals surface area (Å²) in [7, 11) is -0.419. The molecule has 1 saturated carbocycles. The van der Waals surface area contributed by atoms with Gasteiger partial charge in [0, 0.05) is 66.8 Å². The number of anilines is 1. The van der Waals surface area contributed by atoms with E-state index in [4.69, 9.17) is 16.6 Å². The van der Waals surface area contributed by atoms with Crippen LogP contribution in [0.5, 0.6) is 0 Å². The zero-order chi connectivity index (χ0) is 42.2. The first-order valence-corrected chi connectivity index (χ1v) is 20.5. The number of nitrogens with zero attached hydrogens (tertiary/aromatic N) is 5. The van der Waals surface area contributed by atoms with E-state index in [1.54, 1.807) is 26.2 Å². The van der Waals surface area contributed by atoms with Gasteiger partial charge in [0.2, 0.25) is 0 Å². The molecular formula is C40H37ClF6N6O4S. The summed E-state index contributed by atoms with van der Waals surface area (Å²) in [6.07, 6.45) is -2.82. The quantitative estimate of drug-likeness (QED) is 0.0970. The second-order valence-corrected chi connectivity index (χ2v) is 18.0. The van der Waals surface area contributed by atoms with Crippen LogP contribution in [0.2, 0.25) is 5.02 Å². The molecule has 0 saturated heterocycles. The molecule has 0 radical (unpaired) electrons. The summed E-state index contributed by atoms with van der Waals surface area (Å²) in [4.78, 5) is 19.0. The summed E-state index contributed by atoms with van der Waals surface area (Å²) in [5.41, 5.74) is -1.25. The van der Waals surface area contributed by atoms with E-state index >= 15 is 8.78 Å². The number of ketones is 1. The molecule has 0 spiro atoms. The Balaban J connectivity index is 1.43. The lowest BCUT2D eigenvalue weighted by molar-refractivity contribution is -0.120. The summed E-state index contributed by atoms with van der Waals surface area (Å²) in [5.74, 6) is -3.94. The van der Waals surface area contributed by atoms with Crippen molar-refractivity contribution in [2.45, 2.75) is 75.2 Å². The Bertz CT molecular complexity index is 2660. The first-order valence-electron chi connectivity index (χ1n) is 18.1. The molecule has 306 valence electrons. The number of carbonyl (C=O) groups excluding carboxylic acids is 1. The van der Waals surface area contributed by atoms with E-state index in [2.05, 4.69) is 27.4 Å². The summed E-state index contributed by atoms with van der Waals surface area (Å²) in [5, 5.41) is 22.3. The number of aromatic nitrogens is 5.